The smallest absolute Gasteiger partial charge is 0.340 e. The number of ether oxygens (including phenoxy) is 2. The van der Waals surface area contributed by atoms with E-state index in [1.165, 1.54) is 11.1 Å². The molecule has 0 amide bonds. The molecule has 2 atom stereocenters. The predicted octanol–water partition coefficient (Wildman–Crippen LogP) is 6.86. The van der Waals surface area contributed by atoms with Crippen LogP contribution in [0.5, 0.6) is 0 Å². The maximum atomic E-state index is 12.8. The second kappa shape index (κ2) is 10.9. The molecule has 0 spiro atoms. The summed E-state index contributed by atoms with van der Waals surface area (Å²) in [5, 5.41) is 0. The summed E-state index contributed by atoms with van der Waals surface area (Å²) in [6.45, 7) is 5.29. The van der Waals surface area contributed by atoms with E-state index >= 15 is 0 Å². The highest BCUT2D eigenvalue weighted by Crippen LogP contribution is 2.39. The van der Waals surface area contributed by atoms with Crippen LogP contribution in [0.2, 0.25) is 0 Å². The summed E-state index contributed by atoms with van der Waals surface area (Å²) in [6.07, 6.45) is 0.767. The molecule has 0 aliphatic carbocycles. The SMILES string of the molecule is CCc1ccc(N(CCN(c2ccc(CC)cc2)C2OC(=O)c3ccccc32)C2OC(=O)c3ccccc32)cc1. The van der Waals surface area contributed by atoms with Crippen molar-refractivity contribution in [3.8, 4) is 0 Å². The number of fused-ring (bicyclic) bond motifs is 2. The molecule has 0 radical (unpaired) electrons. The third-order valence-electron chi connectivity index (χ3n) is 7.83. The second-order valence-electron chi connectivity index (χ2n) is 10.1. The van der Waals surface area contributed by atoms with Crippen LogP contribution in [0, 0.1) is 0 Å². The first-order valence-electron chi connectivity index (χ1n) is 13.9. The Morgan fingerprint density at radius 1 is 0.550 bits per heavy atom. The molecule has 0 bridgehead atoms. The van der Waals surface area contributed by atoms with E-state index in [9.17, 15) is 9.59 Å². The summed E-state index contributed by atoms with van der Waals surface area (Å²) in [5.41, 5.74) is 7.27. The molecule has 4 aromatic rings. The minimum Gasteiger partial charge on any atom is -0.434 e. The normalized spacial score (nSPS) is 17.1. The number of carbonyl (C=O) groups excluding carboxylic acids is 2. The van der Waals surface area contributed by atoms with Gasteiger partial charge >= 0.3 is 11.9 Å². The molecule has 4 aromatic carbocycles. The molecule has 2 aliphatic heterocycles. The molecule has 0 saturated carbocycles. The lowest BCUT2D eigenvalue weighted by Gasteiger charge is -2.35. The molecule has 0 aromatic heterocycles. The monoisotopic (exact) mass is 532 g/mol. The maximum absolute atomic E-state index is 12.8. The number of cyclic esters (lactones) is 2. The van der Waals surface area contributed by atoms with Gasteiger partial charge in [-0.05, 0) is 60.4 Å². The zero-order valence-corrected chi connectivity index (χ0v) is 22.7. The van der Waals surface area contributed by atoms with Gasteiger partial charge in [0.2, 0.25) is 12.5 Å². The quantitative estimate of drug-likeness (QED) is 0.220. The van der Waals surface area contributed by atoms with Crippen LogP contribution in [0.25, 0.3) is 0 Å². The van der Waals surface area contributed by atoms with Crippen LogP contribution >= 0.6 is 0 Å². The standard InChI is InChI=1S/C34H32N2O4/c1-3-23-13-17-25(18-14-23)35(31-27-9-5-7-11-29(27)33(37)39-31)21-22-36(26-19-15-24(4-2)16-20-26)32-28-10-6-8-12-30(28)34(38)40-32/h5-20,31-32H,3-4,21-22H2,1-2H3. The van der Waals surface area contributed by atoms with Gasteiger partial charge < -0.3 is 19.3 Å². The van der Waals surface area contributed by atoms with Crippen molar-refractivity contribution in [1.29, 1.82) is 0 Å². The van der Waals surface area contributed by atoms with E-state index in [1.807, 2.05) is 48.5 Å². The van der Waals surface area contributed by atoms with Gasteiger partial charge in [0.1, 0.15) is 0 Å². The fourth-order valence-electron chi connectivity index (χ4n) is 5.54. The Bertz CT molecular complexity index is 1410. The summed E-state index contributed by atoms with van der Waals surface area (Å²) in [6, 6.07) is 31.9. The van der Waals surface area contributed by atoms with Crippen molar-refractivity contribution in [1.82, 2.24) is 0 Å². The molecular weight excluding hydrogens is 500 g/mol. The Labute approximate surface area is 234 Å². The van der Waals surface area contributed by atoms with Crippen molar-refractivity contribution in [2.24, 2.45) is 0 Å². The van der Waals surface area contributed by atoms with Gasteiger partial charge in [0, 0.05) is 35.6 Å². The number of hydrogen-bond donors (Lipinski definition) is 0. The molecule has 40 heavy (non-hydrogen) atoms. The van der Waals surface area contributed by atoms with E-state index in [4.69, 9.17) is 9.47 Å². The van der Waals surface area contributed by atoms with Gasteiger partial charge in [0.05, 0.1) is 11.1 Å². The van der Waals surface area contributed by atoms with Crippen molar-refractivity contribution in [3.05, 3.63) is 130 Å². The van der Waals surface area contributed by atoms with Gasteiger partial charge in [-0.1, -0.05) is 74.5 Å². The summed E-state index contributed by atoms with van der Waals surface area (Å²) >= 11 is 0. The molecule has 2 heterocycles. The van der Waals surface area contributed by atoms with E-state index < -0.39 is 12.5 Å². The first-order chi connectivity index (χ1) is 19.6. The van der Waals surface area contributed by atoms with E-state index in [2.05, 4.69) is 72.2 Å². The topological polar surface area (TPSA) is 59.1 Å². The highest BCUT2D eigenvalue weighted by Gasteiger charge is 2.38. The zero-order chi connectivity index (χ0) is 27.6. The molecule has 6 rings (SSSR count). The summed E-state index contributed by atoms with van der Waals surface area (Å²) in [7, 11) is 0. The Morgan fingerprint density at radius 2 is 0.925 bits per heavy atom. The van der Waals surface area contributed by atoms with Gasteiger partial charge in [0.15, 0.2) is 0 Å². The highest BCUT2D eigenvalue weighted by molar-refractivity contribution is 5.95. The van der Waals surface area contributed by atoms with E-state index in [0.717, 1.165) is 35.3 Å². The molecular formula is C34H32N2O4. The molecule has 6 heteroatoms. The van der Waals surface area contributed by atoms with Gasteiger partial charge in [-0.2, -0.15) is 0 Å². The lowest BCUT2D eigenvalue weighted by atomic mass is 10.1. The van der Waals surface area contributed by atoms with Crippen LogP contribution in [0.1, 0.15) is 69.3 Å². The van der Waals surface area contributed by atoms with E-state index in [1.54, 1.807) is 0 Å². The molecule has 0 N–H and O–H groups in total. The Balaban J connectivity index is 1.37. The van der Waals surface area contributed by atoms with E-state index in [0.29, 0.717) is 24.2 Å². The Hall–Kier alpha value is -4.58. The van der Waals surface area contributed by atoms with Crippen LogP contribution in [0.4, 0.5) is 11.4 Å². The molecule has 2 aliphatic rings. The number of rotatable bonds is 9. The summed E-state index contributed by atoms with van der Waals surface area (Å²) in [4.78, 5) is 29.8. The number of aryl methyl sites for hydroxylation is 2. The van der Waals surface area contributed by atoms with Gasteiger partial charge in [-0.3, -0.25) is 0 Å². The minimum atomic E-state index is -0.557. The van der Waals surface area contributed by atoms with Crippen LogP contribution in [-0.2, 0) is 22.3 Å². The summed E-state index contributed by atoms with van der Waals surface area (Å²) in [5.74, 6) is -0.636. The van der Waals surface area contributed by atoms with Crippen LogP contribution in [0.3, 0.4) is 0 Å². The minimum absolute atomic E-state index is 0.318. The third kappa shape index (κ3) is 4.70. The van der Waals surface area contributed by atoms with Crippen molar-refractivity contribution < 1.29 is 19.1 Å². The number of anilines is 2. The zero-order valence-electron chi connectivity index (χ0n) is 22.7. The molecule has 2 unspecified atom stereocenters. The number of carbonyl (C=O) groups is 2. The average Bonchev–Trinajstić information content (AvgIpc) is 3.52. The number of hydrogen-bond acceptors (Lipinski definition) is 6. The molecule has 6 nitrogen and oxygen atoms in total. The first-order valence-corrected chi connectivity index (χ1v) is 13.9. The third-order valence-corrected chi connectivity index (χ3v) is 7.83. The fourth-order valence-corrected chi connectivity index (χ4v) is 5.54. The Kier molecular flexibility index (Phi) is 6.99. The second-order valence-corrected chi connectivity index (χ2v) is 10.1. The lowest BCUT2D eigenvalue weighted by molar-refractivity contribution is 0.0348. The van der Waals surface area contributed by atoms with Crippen molar-refractivity contribution in [3.63, 3.8) is 0 Å². The predicted molar refractivity (Wildman–Crippen MR) is 156 cm³/mol. The number of nitrogens with zero attached hydrogens (tertiary/aromatic N) is 2. The highest BCUT2D eigenvalue weighted by atomic mass is 16.6. The Morgan fingerprint density at radius 3 is 1.30 bits per heavy atom. The van der Waals surface area contributed by atoms with Gasteiger partial charge in [-0.25, -0.2) is 9.59 Å². The van der Waals surface area contributed by atoms with Crippen molar-refractivity contribution in [2.75, 3.05) is 22.9 Å². The molecule has 0 saturated heterocycles. The van der Waals surface area contributed by atoms with Crippen LogP contribution < -0.4 is 9.80 Å². The average molecular weight is 533 g/mol. The number of benzene rings is 4. The van der Waals surface area contributed by atoms with Crippen LogP contribution in [-0.4, -0.2) is 25.0 Å². The number of esters is 2. The fraction of sp³-hybridized carbons (Fsp3) is 0.235. The lowest BCUT2D eigenvalue weighted by Crippen LogP contribution is -2.39. The maximum Gasteiger partial charge on any atom is 0.340 e. The van der Waals surface area contributed by atoms with Crippen molar-refractivity contribution >= 4 is 23.3 Å². The van der Waals surface area contributed by atoms with E-state index in [-0.39, 0.29) is 11.9 Å². The molecule has 0 fully saturated rings. The molecule has 202 valence electrons. The van der Waals surface area contributed by atoms with Gasteiger partial charge in [0.25, 0.3) is 0 Å². The van der Waals surface area contributed by atoms with Gasteiger partial charge in [-0.15, -0.1) is 0 Å². The largest absolute Gasteiger partial charge is 0.434 e. The van der Waals surface area contributed by atoms with Crippen molar-refractivity contribution in [2.45, 2.75) is 39.1 Å². The summed E-state index contributed by atoms with van der Waals surface area (Å²) < 4.78 is 11.9. The van der Waals surface area contributed by atoms with Crippen LogP contribution in [0.15, 0.2) is 97.1 Å². The first kappa shape index (κ1) is 25.7.